The summed E-state index contributed by atoms with van der Waals surface area (Å²) in [5.41, 5.74) is 0. The van der Waals surface area contributed by atoms with Crippen LogP contribution in [-0.2, 0) is 0 Å². The van der Waals surface area contributed by atoms with Gasteiger partial charge in [-0.15, -0.1) is 0 Å². The van der Waals surface area contributed by atoms with Gasteiger partial charge in [0.15, 0.2) is 0 Å². The van der Waals surface area contributed by atoms with Crippen molar-refractivity contribution in [3.05, 3.63) is 0 Å². The maximum atomic E-state index is 3.54. The quantitative estimate of drug-likeness (QED) is 0.766. The molecule has 1 N–H and O–H groups in total. The largest absolute Gasteiger partial charge is 0.315 e. The monoisotopic (exact) mass is 240 g/mol. The molecule has 1 aliphatic carbocycles. The van der Waals surface area contributed by atoms with Crippen LogP contribution >= 0.6 is 0 Å². The molecule has 2 nitrogen and oxygen atoms in total. The first-order valence-electron chi connectivity index (χ1n) is 7.56. The molecular weight excluding hydrogens is 208 g/mol. The molecule has 1 aliphatic rings. The number of nitrogens with zero attached hydrogens (tertiary/aromatic N) is 1. The van der Waals surface area contributed by atoms with Gasteiger partial charge in [-0.1, -0.05) is 26.7 Å². The molecule has 1 rings (SSSR count). The van der Waals surface area contributed by atoms with Crippen molar-refractivity contribution in [1.82, 2.24) is 10.2 Å². The van der Waals surface area contributed by atoms with Crippen LogP contribution < -0.4 is 5.32 Å². The average molecular weight is 240 g/mol. The Labute approximate surface area is 108 Å². The van der Waals surface area contributed by atoms with Crippen LogP contribution in [0.25, 0.3) is 0 Å². The van der Waals surface area contributed by atoms with E-state index < -0.39 is 0 Å². The van der Waals surface area contributed by atoms with Gasteiger partial charge in [0.1, 0.15) is 0 Å². The molecule has 0 radical (unpaired) electrons. The smallest absolute Gasteiger partial charge is 0.0254 e. The summed E-state index contributed by atoms with van der Waals surface area (Å²) in [5, 5.41) is 3.54. The Morgan fingerprint density at radius 2 is 1.94 bits per heavy atom. The maximum Gasteiger partial charge on any atom is 0.0254 e. The van der Waals surface area contributed by atoms with Gasteiger partial charge in [0.2, 0.25) is 0 Å². The zero-order chi connectivity index (χ0) is 12.8. The van der Waals surface area contributed by atoms with E-state index in [1.165, 1.54) is 38.6 Å². The molecule has 0 heterocycles. The van der Waals surface area contributed by atoms with Crippen LogP contribution in [0, 0.1) is 5.92 Å². The molecular formula is C15H32N2. The molecule has 0 aromatic carbocycles. The lowest BCUT2D eigenvalue weighted by Gasteiger charge is -2.44. The van der Waals surface area contributed by atoms with Crippen LogP contribution in [-0.4, -0.2) is 36.6 Å². The molecule has 3 atom stereocenters. The highest BCUT2D eigenvalue weighted by atomic mass is 15.2. The molecule has 0 aromatic rings. The fourth-order valence-corrected chi connectivity index (χ4v) is 3.59. The molecule has 1 fully saturated rings. The molecule has 2 heteroatoms. The van der Waals surface area contributed by atoms with Crippen LogP contribution in [0.4, 0.5) is 0 Å². The van der Waals surface area contributed by atoms with Crippen molar-refractivity contribution in [3.63, 3.8) is 0 Å². The number of nitrogens with one attached hydrogen (secondary N) is 1. The zero-order valence-corrected chi connectivity index (χ0v) is 12.5. The zero-order valence-electron chi connectivity index (χ0n) is 12.5. The Morgan fingerprint density at radius 3 is 2.41 bits per heavy atom. The lowest BCUT2D eigenvalue weighted by Crippen LogP contribution is -2.54. The van der Waals surface area contributed by atoms with E-state index in [2.05, 4.69) is 45.0 Å². The fourth-order valence-electron chi connectivity index (χ4n) is 3.59. The first-order chi connectivity index (χ1) is 8.13. The Morgan fingerprint density at radius 1 is 1.24 bits per heavy atom. The fraction of sp³-hybridized carbons (Fsp3) is 1.00. The van der Waals surface area contributed by atoms with Gasteiger partial charge in [-0.25, -0.2) is 0 Å². The Kier molecular flexibility index (Phi) is 6.50. The van der Waals surface area contributed by atoms with Crippen molar-refractivity contribution < 1.29 is 0 Å². The maximum absolute atomic E-state index is 3.54. The molecule has 0 aromatic heterocycles. The SMILES string of the molecule is CCCC1CCC(NC)C(N(CC)C(C)C)C1. The van der Waals surface area contributed by atoms with Gasteiger partial charge in [0, 0.05) is 18.1 Å². The van der Waals surface area contributed by atoms with Gasteiger partial charge >= 0.3 is 0 Å². The summed E-state index contributed by atoms with van der Waals surface area (Å²) in [5.74, 6) is 0.961. The van der Waals surface area contributed by atoms with E-state index in [9.17, 15) is 0 Å². The van der Waals surface area contributed by atoms with Gasteiger partial charge in [0.05, 0.1) is 0 Å². The van der Waals surface area contributed by atoms with Gasteiger partial charge in [-0.2, -0.15) is 0 Å². The minimum Gasteiger partial charge on any atom is -0.315 e. The first-order valence-corrected chi connectivity index (χ1v) is 7.56. The van der Waals surface area contributed by atoms with Crippen molar-refractivity contribution in [2.45, 2.75) is 77.9 Å². The number of rotatable bonds is 6. The summed E-state index contributed by atoms with van der Waals surface area (Å²) < 4.78 is 0. The Balaban J connectivity index is 2.67. The topological polar surface area (TPSA) is 15.3 Å². The van der Waals surface area contributed by atoms with Crippen LogP contribution in [0.5, 0.6) is 0 Å². The Hall–Kier alpha value is -0.0800. The van der Waals surface area contributed by atoms with Crippen LogP contribution in [0.2, 0.25) is 0 Å². The number of hydrogen-bond acceptors (Lipinski definition) is 2. The first kappa shape index (κ1) is 15.0. The number of likely N-dealkylation sites (N-methyl/N-ethyl adjacent to an activating group) is 2. The molecule has 3 unspecified atom stereocenters. The second kappa shape index (κ2) is 7.38. The van der Waals surface area contributed by atoms with Crippen LogP contribution in [0.1, 0.15) is 59.8 Å². The van der Waals surface area contributed by atoms with Gasteiger partial charge < -0.3 is 5.32 Å². The van der Waals surface area contributed by atoms with Gasteiger partial charge in [-0.05, 0) is 52.6 Å². The Bertz CT molecular complexity index is 203. The lowest BCUT2D eigenvalue weighted by molar-refractivity contribution is 0.0765. The van der Waals surface area contributed by atoms with E-state index in [0.29, 0.717) is 12.1 Å². The molecule has 0 saturated heterocycles. The summed E-state index contributed by atoms with van der Waals surface area (Å²) in [6.45, 7) is 10.5. The van der Waals surface area contributed by atoms with E-state index >= 15 is 0 Å². The predicted molar refractivity (Wildman–Crippen MR) is 76.4 cm³/mol. The van der Waals surface area contributed by atoms with Crippen molar-refractivity contribution in [2.75, 3.05) is 13.6 Å². The van der Waals surface area contributed by atoms with Crippen molar-refractivity contribution in [1.29, 1.82) is 0 Å². The average Bonchev–Trinajstić information content (AvgIpc) is 2.30. The number of hydrogen-bond donors (Lipinski definition) is 1. The predicted octanol–water partition coefficient (Wildman–Crippen LogP) is 3.27. The molecule has 17 heavy (non-hydrogen) atoms. The van der Waals surface area contributed by atoms with E-state index in [0.717, 1.165) is 12.0 Å². The summed E-state index contributed by atoms with van der Waals surface area (Å²) in [7, 11) is 2.13. The molecule has 0 aliphatic heterocycles. The highest BCUT2D eigenvalue weighted by Crippen LogP contribution is 2.31. The summed E-state index contributed by atoms with van der Waals surface area (Å²) in [6.07, 6.45) is 6.93. The minimum absolute atomic E-state index is 0.668. The van der Waals surface area contributed by atoms with Crippen molar-refractivity contribution in [3.8, 4) is 0 Å². The molecule has 0 bridgehead atoms. The van der Waals surface area contributed by atoms with E-state index in [1.54, 1.807) is 0 Å². The second-order valence-corrected chi connectivity index (χ2v) is 5.85. The van der Waals surface area contributed by atoms with E-state index in [1.807, 2.05) is 0 Å². The summed E-state index contributed by atoms with van der Waals surface area (Å²) >= 11 is 0. The highest BCUT2D eigenvalue weighted by molar-refractivity contribution is 4.91. The van der Waals surface area contributed by atoms with E-state index in [-0.39, 0.29) is 0 Å². The third-order valence-electron chi connectivity index (χ3n) is 4.45. The summed E-state index contributed by atoms with van der Waals surface area (Å²) in [4.78, 5) is 2.68. The molecule has 0 spiro atoms. The highest BCUT2D eigenvalue weighted by Gasteiger charge is 2.33. The summed E-state index contributed by atoms with van der Waals surface area (Å²) in [6, 6.07) is 2.11. The van der Waals surface area contributed by atoms with Crippen molar-refractivity contribution in [2.24, 2.45) is 5.92 Å². The van der Waals surface area contributed by atoms with Gasteiger partial charge in [-0.3, -0.25) is 4.90 Å². The third kappa shape index (κ3) is 3.96. The van der Waals surface area contributed by atoms with E-state index in [4.69, 9.17) is 0 Å². The molecule has 0 amide bonds. The van der Waals surface area contributed by atoms with Crippen molar-refractivity contribution >= 4 is 0 Å². The normalized spacial score (nSPS) is 30.2. The minimum atomic E-state index is 0.668. The van der Waals surface area contributed by atoms with Crippen LogP contribution in [0.3, 0.4) is 0 Å². The lowest BCUT2D eigenvalue weighted by atomic mass is 9.79. The molecule has 1 saturated carbocycles. The van der Waals surface area contributed by atoms with Crippen LogP contribution in [0.15, 0.2) is 0 Å². The second-order valence-electron chi connectivity index (χ2n) is 5.85. The third-order valence-corrected chi connectivity index (χ3v) is 4.45. The standard InChI is InChI=1S/C15H32N2/c1-6-8-13-9-10-14(16-5)15(11-13)17(7-2)12(3)4/h12-16H,6-11H2,1-5H3. The van der Waals surface area contributed by atoms with Gasteiger partial charge in [0.25, 0.3) is 0 Å². The molecule has 102 valence electrons.